The van der Waals surface area contributed by atoms with Crippen LogP contribution in [0.15, 0.2) is 70.6 Å². The zero-order valence-corrected chi connectivity index (χ0v) is 20.0. The number of nitrogens with zero attached hydrogens (tertiary/aromatic N) is 4. The van der Waals surface area contributed by atoms with Gasteiger partial charge in [0.2, 0.25) is 5.78 Å². The molecule has 7 heteroatoms. The van der Waals surface area contributed by atoms with Crippen molar-refractivity contribution in [3.63, 3.8) is 0 Å². The van der Waals surface area contributed by atoms with Crippen molar-refractivity contribution >= 4 is 39.1 Å². The summed E-state index contributed by atoms with van der Waals surface area (Å²) in [4.78, 5) is 16.2. The lowest BCUT2D eigenvalue weighted by atomic mass is 9.89. The van der Waals surface area contributed by atoms with Crippen molar-refractivity contribution in [3.05, 3.63) is 87.0 Å². The van der Waals surface area contributed by atoms with E-state index in [9.17, 15) is 4.79 Å². The van der Waals surface area contributed by atoms with Crippen molar-refractivity contribution in [1.82, 2.24) is 19.2 Å². The lowest BCUT2D eigenvalue weighted by Gasteiger charge is -2.17. The Morgan fingerprint density at radius 3 is 2.61 bits per heavy atom. The molecule has 3 aromatic heterocycles. The van der Waals surface area contributed by atoms with E-state index in [2.05, 4.69) is 45.8 Å². The van der Waals surface area contributed by atoms with Crippen LogP contribution in [0.3, 0.4) is 0 Å². The number of benzene rings is 2. The number of fused-ring (bicyclic) bond motifs is 5. The van der Waals surface area contributed by atoms with Gasteiger partial charge in [-0.3, -0.25) is 4.79 Å². The summed E-state index contributed by atoms with van der Waals surface area (Å²) in [5.41, 5.74) is 3.39. The molecule has 0 fully saturated rings. The highest BCUT2D eigenvalue weighted by Gasteiger charge is 2.27. The second-order valence-electron chi connectivity index (χ2n) is 8.71. The molecule has 3 heterocycles. The summed E-state index contributed by atoms with van der Waals surface area (Å²) in [6.07, 6.45) is 4.09. The molecule has 166 valence electrons. The van der Waals surface area contributed by atoms with Gasteiger partial charge in [0.05, 0.1) is 11.1 Å². The standard InChI is InChI=1S/C26H24N4OS2/c1-17-12-13-20-21(16-17)33-24-22(20)23(31)29(19-10-6-3-7-11-19)25-27-28-26(30(24)25)32-15-14-18-8-4-2-5-9-18/h2-11,17H,12-16H2,1H3. The van der Waals surface area contributed by atoms with Crippen LogP contribution < -0.4 is 5.56 Å². The molecule has 2 aromatic carbocycles. The van der Waals surface area contributed by atoms with E-state index in [1.54, 1.807) is 27.7 Å². The van der Waals surface area contributed by atoms with Crippen LogP contribution in [0.25, 0.3) is 21.7 Å². The van der Waals surface area contributed by atoms with Crippen LogP contribution in [-0.4, -0.2) is 24.9 Å². The van der Waals surface area contributed by atoms with Crippen LogP contribution in [-0.2, 0) is 19.3 Å². The maximum absolute atomic E-state index is 13.8. The first-order valence-electron chi connectivity index (χ1n) is 11.4. The predicted octanol–water partition coefficient (Wildman–Crippen LogP) is 5.55. The van der Waals surface area contributed by atoms with Gasteiger partial charge in [0.1, 0.15) is 4.83 Å². The second kappa shape index (κ2) is 8.47. The Labute approximate surface area is 200 Å². The van der Waals surface area contributed by atoms with E-state index in [-0.39, 0.29) is 5.56 Å². The molecule has 1 aliphatic carbocycles. The van der Waals surface area contributed by atoms with Crippen LogP contribution in [0.2, 0.25) is 0 Å². The molecule has 1 unspecified atom stereocenters. The number of thiophene rings is 1. The van der Waals surface area contributed by atoms with Gasteiger partial charge in [-0.2, -0.15) is 0 Å². The van der Waals surface area contributed by atoms with Crippen molar-refractivity contribution in [2.45, 2.75) is 37.8 Å². The SMILES string of the molecule is CC1CCc2c(sc3c2c(=O)n(-c2ccccc2)c2nnc(SCCc4ccccc4)n32)C1. The minimum atomic E-state index is 0.0176. The molecule has 0 spiro atoms. The highest BCUT2D eigenvalue weighted by molar-refractivity contribution is 7.99. The van der Waals surface area contributed by atoms with E-state index < -0.39 is 0 Å². The number of para-hydroxylation sites is 1. The van der Waals surface area contributed by atoms with Gasteiger partial charge in [-0.15, -0.1) is 21.5 Å². The molecule has 1 aliphatic rings. The molecule has 5 aromatic rings. The Morgan fingerprint density at radius 1 is 1.06 bits per heavy atom. The zero-order valence-electron chi connectivity index (χ0n) is 18.4. The third-order valence-corrected chi connectivity index (χ3v) is 8.58. The minimum Gasteiger partial charge on any atom is -0.268 e. The van der Waals surface area contributed by atoms with Gasteiger partial charge in [0, 0.05) is 10.6 Å². The Bertz CT molecular complexity index is 1500. The molecule has 1 atom stereocenters. The predicted molar refractivity (Wildman–Crippen MR) is 136 cm³/mol. The maximum atomic E-state index is 13.8. The maximum Gasteiger partial charge on any atom is 0.268 e. The fourth-order valence-electron chi connectivity index (χ4n) is 4.71. The molecule has 0 aliphatic heterocycles. The lowest BCUT2D eigenvalue weighted by Crippen LogP contribution is -2.22. The molecule has 0 saturated carbocycles. The van der Waals surface area contributed by atoms with Gasteiger partial charge in [-0.1, -0.05) is 67.2 Å². The fraction of sp³-hybridized carbons (Fsp3) is 0.269. The van der Waals surface area contributed by atoms with E-state index in [0.29, 0.717) is 11.7 Å². The Hall–Kier alpha value is -2.90. The van der Waals surface area contributed by atoms with Gasteiger partial charge < -0.3 is 0 Å². The summed E-state index contributed by atoms with van der Waals surface area (Å²) in [6.45, 7) is 2.30. The number of aromatic nitrogens is 4. The summed E-state index contributed by atoms with van der Waals surface area (Å²) in [6, 6.07) is 20.3. The van der Waals surface area contributed by atoms with Gasteiger partial charge in [0.25, 0.3) is 5.56 Å². The van der Waals surface area contributed by atoms with Gasteiger partial charge in [-0.25, -0.2) is 8.97 Å². The lowest BCUT2D eigenvalue weighted by molar-refractivity contribution is 0.509. The Balaban J connectivity index is 1.53. The van der Waals surface area contributed by atoms with Gasteiger partial charge >= 0.3 is 0 Å². The molecular weight excluding hydrogens is 448 g/mol. The van der Waals surface area contributed by atoms with Crippen molar-refractivity contribution in [2.75, 3.05) is 5.75 Å². The van der Waals surface area contributed by atoms with Crippen molar-refractivity contribution in [1.29, 1.82) is 0 Å². The highest BCUT2D eigenvalue weighted by Crippen LogP contribution is 2.38. The van der Waals surface area contributed by atoms with Crippen molar-refractivity contribution < 1.29 is 0 Å². The van der Waals surface area contributed by atoms with Crippen LogP contribution >= 0.6 is 23.1 Å². The molecule has 33 heavy (non-hydrogen) atoms. The molecule has 0 radical (unpaired) electrons. The fourth-order valence-corrected chi connectivity index (χ4v) is 7.19. The zero-order chi connectivity index (χ0) is 22.4. The number of hydrogen-bond donors (Lipinski definition) is 0. The summed E-state index contributed by atoms with van der Waals surface area (Å²) < 4.78 is 3.86. The molecule has 0 saturated heterocycles. The van der Waals surface area contributed by atoms with Crippen molar-refractivity contribution in [2.24, 2.45) is 5.92 Å². The third kappa shape index (κ3) is 3.60. The molecule has 0 N–H and O–H groups in total. The summed E-state index contributed by atoms with van der Waals surface area (Å²) in [7, 11) is 0. The summed E-state index contributed by atoms with van der Waals surface area (Å²) in [5.74, 6) is 2.14. The van der Waals surface area contributed by atoms with E-state index in [1.807, 2.05) is 36.4 Å². The number of hydrogen-bond acceptors (Lipinski definition) is 5. The van der Waals surface area contributed by atoms with E-state index in [4.69, 9.17) is 0 Å². The summed E-state index contributed by atoms with van der Waals surface area (Å²) in [5, 5.41) is 10.8. The van der Waals surface area contributed by atoms with Crippen LogP contribution in [0.4, 0.5) is 0 Å². The van der Waals surface area contributed by atoms with Crippen LogP contribution in [0.1, 0.15) is 29.3 Å². The number of thioether (sulfide) groups is 1. The summed E-state index contributed by atoms with van der Waals surface area (Å²) >= 11 is 3.46. The van der Waals surface area contributed by atoms with E-state index in [0.717, 1.165) is 52.5 Å². The first-order chi connectivity index (χ1) is 16.2. The van der Waals surface area contributed by atoms with Crippen molar-refractivity contribution in [3.8, 4) is 5.69 Å². The van der Waals surface area contributed by atoms with E-state index >= 15 is 0 Å². The Morgan fingerprint density at radius 2 is 1.82 bits per heavy atom. The third-order valence-electron chi connectivity index (χ3n) is 6.41. The first kappa shape index (κ1) is 20.7. The molecular formula is C26H24N4OS2. The second-order valence-corrected chi connectivity index (χ2v) is 10.9. The average molecular weight is 473 g/mol. The number of aryl methyl sites for hydroxylation is 2. The highest BCUT2D eigenvalue weighted by atomic mass is 32.2. The molecule has 0 bridgehead atoms. The normalized spacial score (nSPS) is 15.8. The monoisotopic (exact) mass is 472 g/mol. The smallest absolute Gasteiger partial charge is 0.268 e. The average Bonchev–Trinajstić information content (AvgIpc) is 3.42. The molecule has 0 amide bonds. The van der Waals surface area contributed by atoms with Gasteiger partial charge in [-0.05, 0) is 54.9 Å². The minimum absolute atomic E-state index is 0.0176. The van der Waals surface area contributed by atoms with Crippen LogP contribution in [0, 0.1) is 5.92 Å². The molecule has 5 nitrogen and oxygen atoms in total. The Kier molecular flexibility index (Phi) is 5.31. The van der Waals surface area contributed by atoms with Gasteiger partial charge in [0.15, 0.2) is 5.16 Å². The first-order valence-corrected chi connectivity index (χ1v) is 13.2. The quantitative estimate of drug-likeness (QED) is 0.315. The van der Waals surface area contributed by atoms with E-state index in [1.165, 1.54) is 16.0 Å². The number of rotatable bonds is 5. The van der Waals surface area contributed by atoms with Crippen LogP contribution in [0.5, 0.6) is 0 Å². The topological polar surface area (TPSA) is 52.2 Å². The largest absolute Gasteiger partial charge is 0.268 e. The molecule has 6 rings (SSSR count).